The topological polar surface area (TPSA) is 9.23 Å². The Morgan fingerprint density at radius 2 is 2.00 bits per heavy atom. The molecule has 0 heterocycles. The van der Waals surface area contributed by atoms with Gasteiger partial charge in [-0.3, -0.25) is 0 Å². The number of hydrogen-bond acceptors (Lipinski definition) is 1. The van der Waals surface area contributed by atoms with Gasteiger partial charge in [-0.15, -0.1) is 0 Å². The molecule has 1 rings (SSSR count). The molecule has 1 nitrogen and oxygen atoms in total. The van der Waals surface area contributed by atoms with Crippen LogP contribution in [0.5, 0.6) is 5.75 Å². The van der Waals surface area contributed by atoms with Crippen molar-refractivity contribution in [1.82, 2.24) is 0 Å². The van der Waals surface area contributed by atoms with Crippen LogP contribution < -0.4 is 4.74 Å². The summed E-state index contributed by atoms with van der Waals surface area (Å²) in [5.41, 5.74) is 0.551. The third-order valence-corrected chi connectivity index (χ3v) is 1.67. The van der Waals surface area contributed by atoms with E-state index in [1.165, 1.54) is 13.2 Å². The predicted octanol–water partition coefficient (Wildman–Crippen LogP) is 2.54. The number of hydrogen-bond donors (Lipinski definition) is 0. The van der Waals surface area contributed by atoms with E-state index in [1.54, 1.807) is 0 Å². The number of halogens is 2. The second-order valence-corrected chi connectivity index (χ2v) is 2.43. The molecule has 12 heavy (non-hydrogen) atoms. The molecule has 0 saturated carbocycles. The fraction of sp³-hybridized carbons (Fsp3) is 0.333. The van der Waals surface area contributed by atoms with Crippen LogP contribution in [0, 0.1) is 11.6 Å². The van der Waals surface area contributed by atoms with E-state index in [0.717, 1.165) is 6.07 Å². The minimum absolute atomic E-state index is 0.138. The maximum absolute atomic E-state index is 12.9. The van der Waals surface area contributed by atoms with Crippen molar-refractivity contribution < 1.29 is 13.5 Å². The summed E-state index contributed by atoms with van der Waals surface area (Å²) in [6, 6.07) is 2.10. The Labute approximate surface area is 70.0 Å². The van der Waals surface area contributed by atoms with E-state index in [-0.39, 0.29) is 5.75 Å². The smallest absolute Gasteiger partial charge is 0.168 e. The molecular formula is C9H10F2O. The molecular weight excluding hydrogens is 162 g/mol. The first-order valence-corrected chi connectivity index (χ1v) is 3.71. The number of methoxy groups -OCH3 is 1. The molecule has 0 bridgehead atoms. The number of aryl methyl sites for hydroxylation is 1. The van der Waals surface area contributed by atoms with Gasteiger partial charge in [-0.25, -0.2) is 8.78 Å². The van der Waals surface area contributed by atoms with Crippen LogP contribution in [0.25, 0.3) is 0 Å². The van der Waals surface area contributed by atoms with E-state index in [0.29, 0.717) is 12.0 Å². The Hall–Kier alpha value is -1.12. The van der Waals surface area contributed by atoms with Gasteiger partial charge in [-0.1, -0.05) is 6.92 Å². The van der Waals surface area contributed by atoms with E-state index in [2.05, 4.69) is 0 Å². The molecule has 1 aromatic carbocycles. The highest BCUT2D eigenvalue weighted by atomic mass is 19.1. The highest BCUT2D eigenvalue weighted by Gasteiger charge is 2.09. The fourth-order valence-corrected chi connectivity index (χ4v) is 1.10. The first-order chi connectivity index (χ1) is 5.69. The van der Waals surface area contributed by atoms with Crippen molar-refractivity contribution in [2.24, 2.45) is 0 Å². The summed E-state index contributed by atoms with van der Waals surface area (Å²) >= 11 is 0. The number of ether oxygens (including phenoxy) is 1. The van der Waals surface area contributed by atoms with E-state index in [1.807, 2.05) is 6.92 Å². The first-order valence-electron chi connectivity index (χ1n) is 3.71. The molecule has 0 saturated heterocycles. The zero-order valence-corrected chi connectivity index (χ0v) is 7.03. The lowest BCUT2D eigenvalue weighted by molar-refractivity contribution is 0.379. The molecule has 0 N–H and O–H groups in total. The molecule has 3 heteroatoms. The summed E-state index contributed by atoms with van der Waals surface area (Å²) in [4.78, 5) is 0. The third kappa shape index (κ3) is 1.55. The maximum atomic E-state index is 12.9. The molecule has 1 aromatic rings. The highest BCUT2D eigenvalue weighted by Crippen LogP contribution is 2.23. The molecule has 0 fully saturated rings. The highest BCUT2D eigenvalue weighted by molar-refractivity contribution is 5.35. The molecule has 0 aromatic heterocycles. The van der Waals surface area contributed by atoms with Crippen LogP contribution in [0.3, 0.4) is 0 Å². The van der Waals surface area contributed by atoms with Crippen molar-refractivity contribution in [2.75, 3.05) is 7.11 Å². The van der Waals surface area contributed by atoms with Crippen molar-refractivity contribution in [3.63, 3.8) is 0 Å². The average molecular weight is 172 g/mol. The summed E-state index contributed by atoms with van der Waals surface area (Å²) in [7, 11) is 1.37. The van der Waals surface area contributed by atoms with Crippen molar-refractivity contribution in [3.05, 3.63) is 29.3 Å². The van der Waals surface area contributed by atoms with Gasteiger partial charge in [-0.05, 0) is 18.1 Å². The molecule has 0 amide bonds. The zero-order chi connectivity index (χ0) is 9.14. The SMILES string of the molecule is CCc1cc(F)cc(F)c1OC. The van der Waals surface area contributed by atoms with Gasteiger partial charge in [0, 0.05) is 6.07 Å². The summed E-state index contributed by atoms with van der Waals surface area (Å²) < 4.78 is 30.3. The lowest BCUT2D eigenvalue weighted by atomic mass is 10.1. The van der Waals surface area contributed by atoms with Crippen LogP contribution in [0.15, 0.2) is 12.1 Å². The second-order valence-electron chi connectivity index (χ2n) is 2.43. The van der Waals surface area contributed by atoms with Gasteiger partial charge in [0.2, 0.25) is 0 Å². The average Bonchev–Trinajstić information content (AvgIpc) is 2.03. The summed E-state index contributed by atoms with van der Waals surface area (Å²) in [6.07, 6.45) is 0.553. The van der Waals surface area contributed by atoms with Gasteiger partial charge in [0.25, 0.3) is 0 Å². The van der Waals surface area contributed by atoms with E-state index < -0.39 is 11.6 Å². The van der Waals surface area contributed by atoms with Crippen molar-refractivity contribution in [1.29, 1.82) is 0 Å². The van der Waals surface area contributed by atoms with Crippen molar-refractivity contribution >= 4 is 0 Å². The maximum Gasteiger partial charge on any atom is 0.168 e. The van der Waals surface area contributed by atoms with Crippen LogP contribution in [0.2, 0.25) is 0 Å². The van der Waals surface area contributed by atoms with E-state index >= 15 is 0 Å². The summed E-state index contributed by atoms with van der Waals surface area (Å²) in [6.45, 7) is 1.82. The monoisotopic (exact) mass is 172 g/mol. The molecule has 0 aliphatic carbocycles. The molecule has 0 spiro atoms. The van der Waals surface area contributed by atoms with Crippen molar-refractivity contribution in [3.8, 4) is 5.75 Å². The van der Waals surface area contributed by atoms with Gasteiger partial charge in [0.1, 0.15) is 5.82 Å². The lowest BCUT2D eigenvalue weighted by Crippen LogP contribution is -1.95. The number of benzene rings is 1. The largest absolute Gasteiger partial charge is 0.493 e. The van der Waals surface area contributed by atoms with E-state index in [9.17, 15) is 8.78 Å². The van der Waals surface area contributed by atoms with Gasteiger partial charge < -0.3 is 4.74 Å². The molecule has 0 aliphatic heterocycles. The Bertz CT molecular complexity index is 284. The second kappa shape index (κ2) is 3.52. The van der Waals surface area contributed by atoms with Gasteiger partial charge in [0.05, 0.1) is 7.11 Å². The Kier molecular flexibility index (Phi) is 2.63. The minimum Gasteiger partial charge on any atom is -0.493 e. The molecule has 0 aliphatic rings. The summed E-state index contributed by atoms with van der Waals surface area (Å²) in [5.74, 6) is -1.07. The zero-order valence-electron chi connectivity index (χ0n) is 7.03. The summed E-state index contributed by atoms with van der Waals surface area (Å²) in [5, 5.41) is 0. The van der Waals surface area contributed by atoms with Crippen LogP contribution in [0.4, 0.5) is 8.78 Å². The van der Waals surface area contributed by atoms with Gasteiger partial charge in [-0.2, -0.15) is 0 Å². The fourth-order valence-electron chi connectivity index (χ4n) is 1.10. The van der Waals surface area contributed by atoms with Crippen molar-refractivity contribution in [2.45, 2.75) is 13.3 Å². The molecule has 0 atom stereocenters. The van der Waals surface area contributed by atoms with Gasteiger partial charge in [0.15, 0.2) is 11.6 Å². The molecule has 0 radical (unpaired) electrons. The van der Waals surface area contributed by atoms with Crippen LogP contribution in [-0.2, 0) is 6.42 Å². The Balaban J connectivity index is 3.24. The lowest BCUT2D eigenvalue weighted by Gasteiger charge is -2.07. The Morgan fingerprint density at radius 3 is 2.50 bits per heavy atom. The quantitative estimate of drug-likeness (QED) is 0.666. The standard InChI is InChI=1S/C9H10F2O/c1-3-6-4-7(10)5-8(11)9(6)12-2/h4-5H,3H2,1-2H3. The molecule has 66 valence electrons. The molecule has 0 unspecified atom stereocenters. The van der Waals surface area contributed by atoms with Crippen LogP contribution in [-0.4, -0.2) is 7.11 Å². The minimum atomic E-state index is -0.644. The normalized spacial score (nSPS) is 10.0. The third-order valence-electron chi connectivity index (χ3n) is 1.67. The van der Waals surface area contributed by atoms with Crippen LogP contribution >= 0.6 is 0 Å². The van der Waals surface area contributed by atoms with E-state index in [4.69, 9.17) is 4.74 Å². The van der Waals surface area contributed by atoms with Crippen LogP contribution in [0.1, 0.15) is 12.5 Å². The number of rotatable bonds is 2. The Morgan fingerprint density at radius 1 is 1.33 bits per heavy atom. The van der Waals surface area contributed by atoms with Gasteiger partial charge >= 0.3 is 0 Å². The first kappa shape index (κ1) is 8.97. The predicted molar refractivity (Wildman–Crippen MR) is 42.3 cm³/mol.